The Morgan fingerprint density at radius 2 is 1.43 bits per heavy atom. The van der Waals surface area contributed by atoms with Gasteiger partial charge in [0.25, 0.3) is 0 Å². The summed E-state index contributed by atoms with van der Waals surface area (Å²) in [5, 5.41) is 0. The SMILES string of the molecule is [CH]C(N)CC([CH])N. The van der Waals surface area contributed by atoms with Gasteiger partial charge in [0.15, 0.2) is 0 Å². The standard InChI is InChI=1S/C5H10N2/c1-4(6)3-5(2)7/h1-2,4-5H,3,6-7H2. The van der Waals surface area contributed by atoms with E-state index in [1.807, 2.05) is 0 Å². The van der Waals surface area contributed by atoms with Crippen LogP contribution in [-0.4, -0.2) is 12.1 Å². The Morgan fingerprint density at radius 3 is 1.43 bits per heavy atom. The molecule has 0 saturated carbocycles. The van der Waals surface area contributed by atoms with Crippen molar-refractivity contribution >= 4 is 0 Å². The zero-order valence-electron chi connectivity index (χ0n) is 4.17. The van der Waals surface area contributed by atoms with Gasteiger partial charge in [-0.25, -0.2) is 0 Å². The van der Waals surface area contributed by atoms with Crippen molar-refractivity contribution in [2.45, 2.75) is 18.5 Å². The molecule has 0 aliphatic carbocycles. The summed E-state index contributed by atoms with van der Waals surface area (Å²) in [7, 11) is 0. The first-order valence-electron chi connectivity index (χ1n) is 2.15. The smallest absolute Gasteiger partial charge is 0.00886 e. The van der Waals surface area contributed by atoms with Gasteiger partial charge in [0, 0.05) is 12.1 Å². The lowest BCUT2D eigenvalue weighted by atomic mass is 10.1. The minimum absolute atomic E-state index is 0.375. The van der Waals surface area contributed by atoms with Crippen LogP contribution in [0.25, 0.3) is 0 Å². The van der Waals surface area contributed by atoms with Gasteiger partial charge in [-0.1, -0.05) is 0 Å². The third-order valence-corrected chi connectivity index (χ3v) is 0.544. The molecule has 0 amide bonds. The van der Waals surface area contributed by atoms with Gasteiger partial charge in [0.1, 0.15) is 0 Å². The van der Waals surface area contributed by atoms with Crippen molar-refractivity contribution < 1.29 is 0 Å². The maximum absolute atomic E-state index is 5.11. The van der Waals surface area contributed by atoms with Gasteiger partial charge < -0.3 is 11.5 Å². The van der Waals surface area contributed by atoms with Crippen LogP contribution in [0, 0.1) is 13.8 Å². The molecule has 0 fully saturated rings. The molecule has 2 heteroatoms. The van der Waals surface area contributed by atoms with E-state index in [4.69, 9.17) is 25.3 Å². The van der Waals surface area contributed by atoms with Crippen LogP contribution in [0.15, 0.2) is 0 Å². The molecule has 0 bridgehead atoms. The molecule has 2 atom stereocenters. The summed E-state index contributed by atoms with van der Waals surface area (Å²) in [5.41, 5.74) is 10.2. The molecule has 4 radical (unpaired) electrons. The van der Waals surface area contributed by atoms with E-state index in [-0.39, 0.29) is 12.1 Å². The summed E-state index contributed by atoms with van der Waals surface area (Å²) in [6, 6.07) is -0.750. The average Bonchev–Trinajstić information content (AvgIpc) is 1.27. The zero-order chi connectivity index (χ0) is 5.86. The van der Waals surface area contributed by atoms with E-state index in [0.29, 0.717) is 6.42 Å². The van der Waals surface area contributed by atoms with Gasteiger partial charge in [0.05, 0.1) is 0 Å². The van der Waals surface area contributed by atoms with Gasteiger partial charge in [-0.05, 0) is 20.3 Å². The minimum atomic E-state index is -0.375. The van der Waals surface area contributed by atoms with Crippen LogP contribution < -0.4 is 11.5 Å². The Morgan fingerprint density at radius 1 is 1.14 bits per heavy atom. The van der Waals surface area contributed by atoms with Gasteiger partial charge in [0.2, 0.25) is 0 Å². The van der Waals surface area contributed by atoms with Crippen LogP contribution in [0.2, 0.25) is 0 Å². The second-order valence-electron chi connectivity index (χ2n) is 1.56. The molecule has 0 aromatic rings. The molecule has 4 N–H and O–H groups in total. The van der Waals surface area contributed by atoms with Crippen molar-refractivity contribution in [3.8, 4) is 0 Å². The van der Waals surface area contributed by atoms with Crippen molar-refractivity contribution in [2.75, 3.05) is 0 Å². The fraction of sp³-hybridized carbons (Fsp3) is 0.600. The molecule has 0 aliphatic rings. The first-order chi connectivity index (χ1) is 3.13. The molecule has 2 nitrogen and oxygen atoms in total. The van der Waals surface area contributed by atoms with Gasteiger partial charge in [-0.2, -0.15) is 0 Å². The molecule has 0 saturated heterocycles. The third kappa shape index (κ3) is 5.92. The summed E-state index contributed by atoms with van der Waals surface area (Å²) < 4.78 is 0. The summed E-state index contributed by atoms with van der Waals surface area (Å²) in [6.07, 6.45) is 0.472. The van der Waals surface area contributed by atoms with E-state index in [1.165, 1.54) is 0 Å². The molecule has 0 rings (SSSR count). The lowest BCUT2D eigenvalue weighted by molar-refractivity contribution is 0.649. The first-order valence-corrected chi connectivity index (χ1v) is 2.15. The predicted octanol–water partition coefficient (Wildman–Crippen LogP) is -0.547. The molecule has 0 aromatic carbocycles. The average molecular weight is 98.1 g/mol. The molecule has 0 aromatic heterocycles. The van der Waals surface area contributed by atoms with E-state index in [0.717, 1.165) is 0 Å². The normalized spacial score (nSPS) is 18.9. The van der Waals surface area contributed by atoms with E-state index in [9.17, 15) is 0 Å². The quantitative estimate of drug-likeness (QED) is 0.487. The van der Waals surface area contributed by atoms with Crippen molar-refractivity contribution in [1.82, 2.24) is 0 Å². The third-order valence-electron chi connectivity index (χ3n) is 0.544. The summed E-state index contributed by atoms with van der Waals surface area (Å²) in [5.74, 6) is 0. The van der Waals surface area contributed by atoms with Gasteiger partial charge in [-0.15, -0.1) is 0 Å². The van der Waals surface area contributed by atoms with E-state index in [2.05, 4.69) is 0 Å². The zero-order valence-corrected chi connectivity index (χ0v) is 4.17. The van der Waals surface area contributed by atoms with Crippen molar-refractivity contribution in [2.24, 2.45) is 11.5 Å². The van der Waals surface area contributed by atoms with Gasteiger partial charge in [-0.3, -0.25) is 0 Å². The highest BCUT2D eigenvalue weighted by Crippen LogP contribution is 1.87. The lowest BCUT2D eigenvalue weighted by Crippen LogP contribution is -2.26. The summed E-state index contributed by atoms with van der Waals surface area (Å²) in [4.78, 5) is 0. The van der Waals surface area contributed by atoms with Crippen LogP contribution in [0.5, 0.6) is 0 Å². The maximum atomic E-state index is 5.11. The minimum Gasteiger partial charge on any atom is -0.327 e. The summed E-state index contributed by atoms with van der Waals surface area (Å²) in [6.45, 7) is 10.2. The second-order valence-corrected chi connectivity index (χ2v) is 1.56. The highest BCUT2D eigenvalue weighted by atomic mass is 14.7. The van der Waals surface area contributed by atoms with Crippen LogP contribution in [-0.2, 0) is 0 Å². The Bertz CT molecular complexity index is 35.3. The molecule has 0 spiro atoms. The molecule has 0 heterocycles. The van der Waals surface area contributed by atoms with E-state index >= 15 is 0 Å². The van der Waals surface area contributed by atoms with E-state index in [1.54, 1.807) is 0 Å². The fourth-order valence-corrected chi connectivity index (χ4v) is 0.314. The van der Waals surface area contributed by atoms with Crippen molar-refractivity contribution in [3.05, 3.63) is 13.8 Å². The Kier molecular flexibility index (Phi) is 2.96. The number of rotatable bonds is 2. The van der Waals surface area contributed by atoms with Crippen LogP contribution in [0.1, 0.15) is 6.42 Å². The molecule has 0 aliphatic heterocycles. The predicted molar refractivity (Wildman–Crippen MR) is 29.2 cm³/mol. The number of hydrogen-bond donors (Lipinski definition) is 2. The highest BCUT2D eigenvalue weighted by Gasteiger charge is 1.96. The Balaban J connectivity index is 2.95. The second kappa shape index (κ2) is 2.99. The molecular weight excluding hydrogens is 88.1 g/mol. The highest BCUT2D eigenvalue weighted by molar-refractivity contribution is 4.72. The number of hydrogen-bond acceptors (Lipinski definition) is 2. The monoisotopic (exact) mass is 98.1 g/mol. The summed E-state index contributed by atoms with van der Waals surface area (Å²) >= 11 is 0. The Hall–Kier alpha value is -0.0800. The van der Waals surface area contributed by atoms with Crippen LogP contribution in [0.3, 0.4) is 0 Å². The van der Waals surface area contributed by atoms with E-state index < -0.39 is 0 Å². The number of nitrogens with two attached hydrogens (primary N) is 2. The van der Waals surface area contributed by atoms with Crippen LogP contribution >= 0.6 is 0 Å². The van der Waals surface area contributed by atoms with Crippen LogP contribution in [0.4, 0.5) is 0 Å². The molecular formula is C5H10N2. The van der Waals surface area contributed by atoms with Gasteiger partial charge >= 0.3 is 0 Å². The Labute approximate surface area is 44.9 Å². The topological polar surface area (TPSA) is 52.0 Å². The fourth-order valence-electron chi connectivity index (χ4n) is 0.314. The lowest BCUT2D eigenvalue weighted by Gasteiger charge is -2.05. The molecule has 40 valence electrons. The van der Waals surface area contributed by atoms with Crippen molar-refractivity contribution in [3.63, 3.8) is 0 Å². The largest absolute Gasteiger partial charge is 0.327 e. The maximum Gasteiger partial charge on any atom is 0.00886 e. The molecule has 2 unspecified atom stereocenters. The van der Waals surface area contributed by atoms with Crippen molar-refractivity contribution in [1.29, 1.82) is 0 Å². The first kappa shape index (κ1) is 6.92. The molecule has 7 heavy (non-hydrogen) atoms.